The largest absolute Gasteiger partial charge is 0.374 e. The number of nitrogens with zero attached hydrogens (tertiary/aromatic N) is 1. The van der Waals surface area contributed by atoms with Crippen molar-refractivity contribution >= 4 is 0 Å². The van der Waals surface area contributed by atoms with Crippen molar-refractivity contribution in [3.63, 3.8) is 0 Å². The molecule has 3 aliphatic rings. The van der Waals surface area contributed by atoms with Gasteiger partial charge in [-0.1, -0.05) is 0 Å². The fraction of sp³-hybridized carbons (Fsp3) is 1.00. The van der Waals surface area contributed by atoms with Crippen LogP contribution in [0.5, 0.6) is 0 Å². The quantitative estimate of drug-likeness (QED) is 0.337. The Morgan fingerprint density at radius 2 is 2.04 bits per heavy atom. The van der Waals surface area contributed by atoms with Crippen LogP contribution < -0.4 is 26.6 Å². The summed E-state index contributed by atoms with van der Waals surface area (Å²) in [6.07, 6.45) is 6.41. The van der Waals surface area contributed by atoms with Crippen molar-refractivity contribution in [2.75, 3.05) is 53.5 Å². The van der Waals surface area contributed by atoms with E-state index in [4.69, 9.17) is 9.47 Å². The molecule has 3 aliphatic heterocycles. The van der Waals surface area contributed by atoms with Crippen molar-refractivity contribution in [3.8, 4) is 0 Å². The molecule has 0 aromatic rings. The molecule has 5 atom stereocenters. The number of rotatable bonds is 9. The molecule has 3 fully saturated rings. The topological polar surface area (TPSA) is 81.8 Å². The van der Waals surface area contributed by atoms with Crippen LogP contribution in [-0.2, 0) is 9.47 Å². The highest BCUT2D eigenvalue weighted by atomic mass is 16.5. The first-order chi connectivity index (χ1) is 12.8. The molecular formula is C18H38N6O2. The third kappa shape index (κ3) is 6.10. The molecule has 0 saturated carbocycles. The predicted octanol–water partition coefficient (Wildman–Crippen LogP) is -0.806. The van der Waals surface area contributed by atoms with E-state index in [0.717, 1.165) is 45.5 Å². The number of methoxy groups -OCH3 is 1. The van der Waals surface area contributed by atoms with E-state index in [9.17, 15) is 0 Å². The number of ether oxygens (including phenoxy) is 2. The van der Waals surface area contributed by atoms with Crippen LogP contribution >= 0.6 is 0 Å². The van der Waals surface area contributed by atoms with E-state index in [2.05, 4.69) is 31.5 Å². The monoisotopic (exact) mass is 370 g/mol. The minimum absolute atomic E-state index is 0.0165. The summed E-state index contributed by atoms with van der Waals surface area (Å²) < 4.78 is 11.8. The van der Waals surface area contributed by atoms with Crippen molar-refractivity contribution in [3.05, 3.63) is 0 Å². The molecule has 8 nitrogen and oxygen atoms in total. The zero-order valence-electron chi connectivity index (χ0n) is 16.4. The second-order valence-electron chi connectivity index (χ2n) is 7.66. The van der Waals surface area contributed by atoms with Crippen molar-refractivity contribution in [2.24, 2.45) is 0 Å². The lowest BCUT2D eigenvalue weighted by molar-refractivity contribution is -0.0951. The molecule has 8 heteroatoms. The summed E-state index contributed by atoms with van der Waals surface area (Å²) in [6.45, 7) is 6.36. The van der Waals surface area contributed by atoms with Crippen LogP contribution in [0.3, 0.4) is 0 Å². The summed E-state index contributed by atoms with van der Waals surface area (Å²) in [5.74, 6) is 0. The van der Waals surface area contributed by atoms with Gasteiger partial charge in [-0.25, -0.2) is 0 Å². The Labute approximate surface area is 158 Å². The van der Waals surface area contributed by atoms with E-state index in [-0.39, 0.29) is 18.6 Å². The SMILES string of the molecule is CNC1CCNC(NC2CNC(OC)C(OCCCN3CCCC3)C2)N1. The number of nitrogens with one attached hydrogen (secondary N) is 5. The van der Waals surface area contributed by atoms with Crippen molar-refractivity contribution in [1.29, 1.82) is 0 Å². The highest BCUT2D eigenvalue weighted by Crippen LogP contribution is 2.15. The Morgan fingerprint density at radius 3 is 2.81 bits per heavy atom. The maximum Gasteiger partial charge on any atom is 0.134 e. The minimum atomic E-state index is -0.0165. The van der Waals surface area contributed by atoms with Gasteiger partial charge in [0, 0.05) is 39.4 Å². The molecule has 3 heterocycles. The van der Waals surface area contributed by atoms with Crippen LogP contribution in [-0.4, -0.2) is 89.2 Å². The van der Waals surface area contributed by atoms with Crippen molar-refractivity contribution in [2.45, 2.75) is 62.9 Å². The second-order valence-corrected chi connectivity index (χ2v) is 7.66. The van der Waals surface area contributed by atoms with Gasteiger partial charge in [0.15, 0.2) is 0 Å². The summed E-state index contributed by atoms with van der Waals surface area (Å²) in [6, 6.07) is 0.352. The van der Waals surface area contributed by atoms with Crippen molar-refractivity contribution in [1.82, 2.24) is 31.5 Å². The number of likely N-dealkylation sites (tertiary alicyclic amines) is 1. The molecule has 3 rings (SSSR count). The van der Waals surface area contributed by atoms with Gasteiger partial charge in [0.05, 0.1) is 12.3 Å². The molecule has 0 aromatic carbocycles. The Hall–Kier alpha value is -0.320. The number of hydrogen-bond donors (Lipinski definition) is 5. The molecule has 0 aliphatic carbocycles. The lowest BCUT2D eigenvalue weighted by Gasteiger charge is -2.40. The smallest absolute Gasteiger partial charge is 0.134 e. The average molecular weight is 371 g/mol. The minimum Gasteiger partial charge on any atom is -0.374 e. The first kappa shape index (κ1) is 20.4. The highest BCUT2D eigenvalue weighted by Gasteiger charge is 2.32. The zero-order chi connectivity index (χ0) is 18.2. The summed E-state index contributed by atoms with van der Waals surface area (Å²) in [5, 5.41) is 17.5. The maximum absolute atomic E-state index is 6.20. The first-order valence-electron chi connectivity index (χ1n) is 10.3. The summed E-state index contributed by atoms with van der Waals surface area (Å²) >= 11 is 0. The van der Waals surface area contributed by atoms with Crippen LogP contribution in [0.15, 0.2) is 0 Å². The summed E-state index contributed by atoms with van der Waals surface area (Å²) in [4.78, 5) is 2.54. The number of hydrogen-bond acceptors (Lipinski definition) is 8. The van der Waals surface area contributed by atoms with Gasteiger partial charge in [0.25, 0.3) is 0 Å². The van der Waals surface area contributed by atoms with Crippen LogP contribution in [0.2, 0.25) is 0 Å². The first-order valence-corrected chi connectivity index (χ1v) is 10.3. The van der Waals surface area contributed by atoms with Gasteiger partial charge in [-0.2, -0.15) is 0 Å². The lowest BCUT2D eigenvalue weighted by Crippen LogP contribution is -2.68. The van der Waals surface area contributed by atoms with Crippen LogP contribution in [0.1, 0.15) is 32.1 Å². The van der Waals surface area contributed by atoms with E-state index >= 15 is 0 Å². The maximum atomic E-state index is 6.20. The van der Waals surface area contributed by atoms with Gasteiger partial charge in [0.1, 0.15) is 12.5 Å². The molecule has 26 heavy (non-hydrogen) atoms. The Kier molecular flexibility index (Phi) is 8.54. The van der Waals surface area contributed by atoms with Gasteiger partial charge in [-0.15, -0.1) is 0 Å². The normalized spacial score (nSPS) is 36.5. The Bertz CT molecular complexity index is 396. The molecule has 0 bridgehead atoms. The highest BCUT2D eigenvalue weighted by molar-refractivity contribution is 4.88. The third-order valence-electron chi connectivity index (χ3n) is 5.72. The zero-order valence-corrected chi connectivity index (χ0v) is 16.4. The van der Waals surface area contributed by atoms with Crippen LogP contribution in [0.25, 0.3) is 0 Å². The van der Waals surface area contributed by atoms with Gasteiger partial charge in [-0.05, 0) is 52.2 Å². The fourth-order valence-electron chi connectivity index (χ4n) is 4.21. The molecule has 152 valence electrons. The van der Waals surface area contributed by atoms with Gasteiger partial charge < -0.3 is 19.7 Å². The van der Waals surface area contributed by atoms with Crippen LogP contribution in [0, 0.1) is 0 Å². The molecule has 5 N–H and O–H groups in total. The van der Waals surface area contributed by atoms with Gasteiger partial charge in [0.2, 0.25) is 0 Å². The van der Waals surface area contributed by atoms with E-state index < -0.39 is 0 Å². The van der Waals surface area contributed by atoms with E-state index in [1.165, 1.54) is 25.9 Å². The standard InChI is InChI=1S/C18H38N6O2/c1-19-16-6-7-20-18(23-16)22-14-12-15(17(25-2)21-13-14)26-11-5-10-24-8-3-4-9-24/h14-23H,3-13H2,1-2H3. The molecule has 0 aromatic heterocycles. The predicted molar refractivity (Wildman–Crippen MR) is 103 cm³/mol. The third-order valence-corrected chi connectivity index (χ3v) is 5.72. The molecule has 5 unspecified atom stereocenters. The molecular weight excluding hydrogens is 332 g/mol. The molecule has 0 spiro atoms. The van der Waals surface area contributed by atoms with Gasteiger partial charge in [-0.3, -0.25) is 21.3 Å². The van der Waals surface area contributed by atoms with Gasteiger partial charge >= 0.3 is 0 Å². The van der Waals surface area contributed by atoms with Crippen LogP contribution in [0.4, 0.5) is 0 Å². The van der Waals surface area contributed by atoms with E-state index in [1.54, 1.807) is 7.11 Å². The van der Waals surface area contributed by atoms with E-state index in [1.807, 2.05) is 7.05 Å². The molecule has 0 radical (unpaired) electrons. The van der Waals surface area contributed by atoms with Crippen molar-refractivity contribution < 1.29 is 9.47 Å². The average Bonchev–Trinajstić information content (AvgIpc) is 3.19. The fourth-order valence-corrected chi connectivity index (χ4v) is 4.21. The molecule has 3 saturated heterocycles. The lowest BCUT2D eigenvalue weighted by atomic mass is 10.0. The second kappa shape index (κ2) is 10.9. The Morgan fingerprint density at radius 1 is 1.19 bits per heavy atom. The van der Waals surface area contributed by atoms with E-state index in [0.29, 0.717) is 12.2 Å². The Balaban J connectivity index is 1.39. The molecule has 0 amide bonds. The summed E-state index contributed by atoms with van der Waals surface area (Å²) in [5.41, 5.74) is 0. The summed E-state index contributed by atoms with van der Waals surface area (Å²) in [7, 11) is 3.76. The number of piperidine rings is 1.